The summed E-state index contributed by atoms with van der Waals surface area (Å²) in [5.74, 6) is -1.27. The van der Waals surface area contributed by atoms with E-state index in [1.54, 1.807) is 18.6 Å². The van der Waals surface area contributed by atoms with Gasteiger partial charge in [0.05, 0.1) is 35.4 Å². The number of furan rings is 1. The molecule has 2 aliphatic heterocycles. The van der Waals surface area contributed by atoms with Crippen molar-refractivity contribution in [3.8, 4) is 0 Å². The Labute approximate surface area is 151 Å². The van der Waals surface area contributed by atoms with Gasteiger partial charge in [0.1, 0.15) is 12.7 Å². The van der Waals surface area contributed by atoms with Gasteiger partial charge in [0.25, 0.3) is 0 Å². The first kappa shape index (κ1) is 16.1. The molecule has 0 unspecified atom stereocenters. The van der Waals surface area contributed by atoms with Crippen molar-refractivity contribution in [3.05, 3.63) is 36.3 Å². The minimum absolute atomic E-state index is 0.213. The second-order valence-corrected chi connectivity index (χ2v) is 8.42. The van der Waals surface area contributed by atoms with Crippen LogP contribution in [0.15, 0.2) is 35.2 Å². The Bertz CT molecular complexity index is 797. The predicted octanol–water partition coefficient (Wildman–Crippen LogP) is 2.53. The summed E-state index contributed by atoms with van der Waals surface area (Å²) in [5.41, 5.74) is -1.91. The summed E-state index contributed by atoms with van der Waals surface area (Å²) in [5, 5.41) is 12.0. The molecule has 5 rings (SSSR count). The van der Waals surface area contributed by atoms with Crippen molar-refractivity contribution in [2.24, 2.45) is 22.7 Å². The topological polar surface area (TPSA) is 86.0 Å². The SMILES string of the molecule is C[C@]12C[C@H](c3ccoc3)OC(=O)[C@H]1CC[C@@]13COC(=O)[C@H]1CC=C[C@]32O. The van der Waals surface area contributed by atoms with Crippen LogP contribution in [-0.2, 0) is 19.1 Å². The summed E-state index contributed by atoms with van der Waals surface area (Å²) < 4.78 is 16.2. The molecular weight excluding hydrogens is 336 g/mol. The summed E-state index contributed by atoms with van der Waals surface area (Å²) in [6.07, 6.45) is 8.59. The average Bonchev–Trinajstić information content (AvgIpc) is 3.24. The van der Waals surface area contributed by atoms with Crippen LogP contribution in [0.25, 0.3) is 0 Å². The third-order valence-corrected chi connectivity index (χ3v) is 7.50. The first-order valence-electron chi connectivity index (χ1n) is 9.21. The van der Waals surface area contributed by atoms with Gasteiger partial charge < -0.3 is 19.0 Å². The van der Waals surface area contributed by atoms with E-state index in [-0.39, 0.29) is 24.5 Å². The first-order chi connectivity index (χ1) is 12.4. The molecule has 3 heterocycles. The number of hydrogen-bond acceptors (Lipinski definition) is 6. The lowest BCUT2D eigenvalue weighted by atomic mass is 9.43. The van der Waals surface area contributed by atoms with Crippen LogP contribution in [-0.4, -0.2) is 29.3 Å². The van der Waals surface area contributed by atoms with Crippen molar-refractivity contribution < 1.29 is 28.6 Å². The van der Waals surface area contributed by atoms with Crippen LogP contribution in [0.1, 0.15) is 44.3 Å². The third kappa shape index (κ3) is 1.71. The quantitative estimate of drug-likeness (QED) is 0.613. The number of carbonyl (C=O) groups excluding carboxylic acids is 2. The number of cyclic esters (lactones) is 2. The minimum Gasteiger partial charge on any atom is -0.472 e. The van der Waals surface area contributed by atoms with Gasteiger partial charge in [0, 0.05) is 11.0 Å². The average molecular weight is 358 g/mol. The second-order valence-electron chi connectivity index (χ2n) is 8.42. The predicted molar refractivity (Wildman–Crippen MR) is 88.6 cm³/mol. The number of carbonyl (C=O) groups is 2. The lowest BCUT2D eigenvalue weighted by molar-refractivity contribution is -0.241. The summed E-state index contributed by atoms with van der Waals surface area (Å²) >= 11 is 0. The number of ether oxygens (including phenoxy) is 2. The Kier molecular flexibility index (Phi) is 3.10. The summed E-state index contributed by atoms with van der Waals surface area (Å²) in [6.45, 7) is 2.17. The van der Waals surface area contributed by atoms with E-state index in [1.807, 2.05) is 19.1 Å². The monoisotopic (exact) mass is 358 g/mol. The van der Waals surface area contributed by atoms with E-state index < -0.39 is 28.5 Å². The molecule has 6 nitrogen and oxygen atoms in total. The van der Waals surface area contributed by atoms with Crippen molar-refractivity contribution in [2.45, 2.75) is 44.3 Å². The zero-order valence-corrected chi connectivity index (χ0v) is 14.6. The fraction of sp³-hybridized carbons (Fsp3) is 0.600. The molecule has 2 saturated heterocycles. The van der Waals surface area contributed by atoms with Crippen molar-refractivity contribution in [2.75, 3.05) is 6.61 Å². The fourth-order valence-corrected chi connectivity index (χ4v) is 6.02. The van der Waals surface area contributed by atoms with Gasteiger partial charge in [-0.2, -0.15) is 0 Å². The molecule has 1 aromatic rings. The van der Waals surface area contributed by atoms with Gasteiger partial charge in [-0.15, -0.1) is 0 Å². The number of esters is 2. The molecule has 1 saturated carbocycles. The number of hydrogen-bond donors (Lipinski definition) is 1. The van der Waals surface area contributed by atoms with Crippen LogP contribution in [0.3, 0.4) is 0 Å². The molecule has 3 fully saturated rings. The van der Waals surface area contributed by atoms with Crippen LogP contribution in [0.2, 0.25) is 0 Å². The largest absolute Gasteiger partial charge is 0.472 e. The zero-order chi connectivity index (χ0) is 18.2. The molecule has 4 aliphatic rings. The fourth-order valence-electron chi connectivity index (χ4n) is 6.02. The van der Waals surface area contributed by atoms with E-state index in [2.05, 4.69) is 0 Å². The van der Waals surface area contributed by atoms with E-state index >= 15 is 0 Å². The molecule has 1 spiro atoms. The third-order valence-electron chi connectivity index (χ3n) is 7.50. The van der Waals surface area contributed by atoms with Gasteiger partial charge in [-0.05, 0) is 31.7 Å². The Morgan fingerprint density at radius 3 is 2.85 bits per heavy atom. The molecule has 138 valence electrons. The van der Waals surface area contributed by atoms with Crippen molar-refractivity contribution >= 4 is 11.9 Å². The van der Waals surface area contributed by atoms with Crippen LogP contribution < -0.4 is 0 Å². The Balaban J connectivity index is 1.63. The Morgan fingerprint density at radius 2 is 2.08 bits per heavy atom. The van der Waals surface area contributed by atoms with Crippen LogP contribution in [0, 0.1) is 22.7 Å². The lowest BCUT2D eigenvalue weighted by Gasteiger charge is -2.63. The molecule has 1 aromatic heterocycles. The van der Waals surface area contributed by atoms with Gasteiger partial charge in [-0.3, -0.25) is 9.59 Å². The highest BCUT2D eigenvalue weighted by Crippen LogP contribution is 2.67. The molecule has 1 N–H and O–H groups in total. The number of allylic oxidation sites excluding steroid dienone is 1. The van der Waals surface area contributed by atoms with Crippen molar-refractivity contribution in [3.63, 3.8) is 0 Å². The van der Waals surface area contributed by atoms with Gasteiger partial charge in [-0.25, -0.2) is 0 Å². The highest BCUT2D eigenvalue weighted by atomic mass is 16.6. The highest BCUT2D eigenvalue weighted by molar-refractivity contribution is 5.79. The van der Waals surface area contributed by atoms with E-state index in [0.717, 1.165) is 5.56 Å². The van der Waals surface area contributed by atoms with Crippen LogP contribution in [0.4, 0.5) is 0 Å². The molecule has 6 atom stereocenters. The molecule has 0 aromatic carbocycles. The highest BCUT2D eigenvalue weighted by Gasteiger charge is 2.73. The second kappa shape index (κ2) is 5.00. The van der Waals surface area contributed by atoms with E-state index in [9.17, 15) is 14.7 Å². The zero-order valence-electron chi connectivity index (χ0n) is 14.6. The van der Waals surface area contributed by atoms with Crippen molar-refractivity contribution in [1.29, 1.82) is 0 Å². The van der Waals surface area contributed by atoms with Crippen LogP contribution >= 0.6 is 0 Å². The van der Waals surface area contributed by atoms with E-state index in [4.69, 9.17) is 13.9 Å². The lowest BCUT2D eigenvalue weighted by Crippen LogP contribution is -2.69. The minimum atomic E-state index is -1.29. The summed E-state index contributed by atoms with van der Waals surface area (Å²) in [4.78, 5) is 25.1. The van der Waals surface area contributed by atoms with Gasteiger partial charge in [-0.1, -0.05) is 19.1 Å². The van der Waals surface area contributed by atoms with Gasteiger partial charge in [0.2, 0.25) is 0 Å². The maximum absolute atomic E-state index is 12.8. The summed E-state index contributed by atoms with van der Waals surface area (Å²) in [7, 11) is 0. The standard InChI is InChI=1S/C20H22O6/c1-18-9-15(12-5-8-24-10-12)26-17(22)13(18)4-7-19-11-25-16(21)14(19)3-2-6-20(18,19)23/h2,5-6,8,10,13-15,23H,3-4,7,9,11H2,1H3/t13-,14-,15-,18+,19-,20-/m1/s1. The van der Waals surface area contributed by atoms with E-state index in [0.29, 0.717) is 25.7 Å². The van der Waals surface area contributed by atoms with Crippen LogP contribution in [0.5, 0.6) is 0 Å². The molecule has 6 heteroatoms. The smallest absolute Gasteiger partial charge is 0.310 e. The number of aliphatic hydroxyl groups is 1. The molecular formula is C20H22O6. The van der Waals surface area contributed by atoms with Gasteiger partial charge in [0.15, 0.2) is 0 Å². The first-order valence-corrected chi connectivity index (χ1v) is 9.21. The number of fused-ring (bicyclic) bond motifs is 2. The maximum Gasteiger partial charge on any atom is 0.310 e. The normalized spacial score (nSPS) is 46.8. The van der Waals surface area contributed by atoms with Gasteiger partial charge >= 0.3 is 11.9 Å². The Hall–Kier alpha value is -2.08. The van der Waals surface area contributed by atoms with Crippen molar-refractivity contribution in [1.82, 2.24) is 0 Å². The maximum atomic E-state index is 12.8. The molecule has 0 radical (unpaired) electrons. The molecule has 0 bridgehead atoms. The molecule has 26 heavy (non-hydrogen) atoms. The molecule has 0 amide bonds. The number of rotatable bonds is 1. The van der Waals surface area contributed by atoms with E-state index in [1.165, 1.54) is 0 Å². The Morgan fingerprint density at radius 1 is 1.23 bits per heavy atom. The molecule has 2 aliphatic carbocycles. The summed E-state index contributed by atoms with van der Waals surface area (Å²) in [6, 6.07) is 1.78.